The van der Waals surface area contributed by atoms with E-state index in [1.54, 1.807) is 6.07 Å². The zero-order chi connectivity index (χ0) is 14.5. The number of halogens is 3. The van der Waals surface area contributed by atoms with E-state index in [1.165, 1.54) is 6.07 Å². The van der Waals surface area contributed by atoms with Gasteiger partial charge in [0.25, 0.3) is 0 Å². The van der Waals surface area contributed by atoms with Crippen molar-refractivity contribution in [3.05, 3.63) is 68.9 Å². The highest BCUT2D eigenvalue weighted by atomic mass is 79.9. The molecule has 0 bridgehead atoms. The second-order valence-electron chi connectivity index (χ2n) is 4.64. The van der Waals surface area contributed by atoms with Gasteiger partial charge in [-0.25, -0.2) is 4.39 Å². The molecule has 0 spiro atoms. The Bertz CT molecular complexity index is 568. The first kappa shape index (κ1) is 15.5. The number of hydrogen-bond acceptors (Lipinski definition) is 1. The molecule has 0 heterocycles. The van der Waals surface area contributed by atoms with E-state index in [2.05, 4.69) is 28.2 Å². The molecular formula is C16H16BrClFN. The lowest BCUT2D eigenvalue weighted by Gasteiger charge is -2.20. The zero-order valence-corrected chi connectivity index (χ0v) is 13.5. The predicted molar refractivity (Wildman–Crippen MR) is 85.7 cm³/mol. The minimum absolute atomic E-state index is 0.0688. The fourth-order valence-electron chi connectivity index (χ4n) is 2.14. The molecule has 1 unspecified atom stereocenters. The molecule has 0 aliphatic carbocycles. The molecule has 0 aliphatic rings. The van der Waals surface area contributed by atoms with E-state index in [0.717, 1.165) is 28.6 Å². The summed E-state index contributed by atoms with van der Waals surface area (Å²) in [5, 5.41) is 4.12. The molecule has 0 amide bonds. The summed E-state index contributed by atoms with van der Waals surface area (Å²) in [6.07, 6.45) is 1.01. The SMILES string of the molecule is CCCNC(c1cccc(Cl)c1)c1cc(F)cc(Br)c1. The second-order valence-corrected chi connectivity index (χ2v) is 6.00. The molecule has 1 nitrogen and oxygen atoms in total. The third-order valence-corrected chi connectivity index (χ3v) is 3.69. The number of rotatable bonds is 5. The first-order valence-electron chi connectivity index (χ1n) is 6.55. The van der Waals surface area contributed by atoms with Gasteiger partial charge in [0, 0.05) is 9.50 Å². The zero-order valence-electron chi connectivity index (χ0n) is 11.2. The third-order valence-electron chi connectivity index (χ3n) is 3.00. The van der Waals surface area contributed by atoms with Gasteiger partial charge >= 0.3 is 0 Å². The molecule has 2 aromatic rings. The van der Waals surface area contributed by atoms with E-state index in [-0.39, 0.29) is 11.9 Å². The van der Waals surface area contributed by atoms with E-state index in [1.807, 2.05) is 30.3 Å². The van der Waals surface area contributed by atoms with Crippen LogP contribution < -0.4 is 5.32 Å². The van der Waals surface area contributed by atoms with Crippen LogP contribution in [0.5, 0.6) is 0 Å². The highest BCUT2D eigenvalue weighted by Crippen LogP contribution is 2.27. The number of benzene rings is 2. The van der Waals surface area contributed by atoms with Crippen LogP contribution in [0.15, 0.2) is 46.9 Å². The lowest BCUT2D eigenvalue weighted by molar-refractivity contribution is 0.585. The molecule has 20 heavy (non-hydrogen) atoms. The van der Waals surface area contributed by atoms with Gasteiger partial charge in [0.15, 0.2) is 0 Å². The number of hydrogen-bond donors (Lipinski definition) is 1. The van der Waals surface area contributed by atoms with Gasteiger partial charge < -0.3 is 5.32 Å². The Morgan fingerprint density at radius 2 is 2.00 bits per heavy atom. The minimum atomic E-state index is -0.250. The van der Waals surface area contributed by atoms with Gasteiger partial charge in [-0.1, -0.05) is 46.6 Å². The van der Waals surface area contributed by atoms with Crippen LogP contribution in [0, 0.1) is 5.82 Å². The van der Waals surface area contributed by atoms with Crippen LogP contribution in [-0.4, -0.2) is 6.54 Å². The fourth-order valence-corrected chi connectivity index (χ4v) is 2.83. The Morgan fingerprint density at radius 1 is 1.20 bits per heavy atom. The third kappa shape index (κ3) is 4.05. The van der Waals surface area contributed by atoms with Gasteiger partial charge in [-0.2, -0.15) is 0 Å². The van der Waals surface area contributed by atoms with Gasteiger partial charge in [-0.15, -0.1) is 0 Å². The summed E-state index contributed by atoms with van der Waals surface area (Å²) < 4.78 is 14.4. The lowest BCUT2D eigenvalue weighted by atomic mass is 9.98. The predicted octanol–water partition coefficient (Wildman–Crippen LogP) is 5.33. The second kappa shape index (κ2) is 7.21. The van der Waals surface area contributed by atoms with Crippen molar-refractivity contribution in [3.8, 4) is 0 Å². The highest BCUT2D eigenvalue weighted by Gasteiger charge is 2.15. The van der Waals surface area contributed by atoms with Crippen LogP contribution in [0.1, 0.15) is 30.5 Å². The van der Waals surface area contributed by atoms with E-state index >= 15 is 0 Å². The lowest BCUT2D eigenvalue weighted by Crippen LogP contribution is -2.23. The van der Waals surface area contributed by atoms with E-state index in [9.17, 15) is 4.39 Å². The molecule has 0 saturated heterocycles. The van der Waals surface area contributed by atoms with Gasteiger partial charge in [0.1, 0.15) is 5.82 Å². The van der Waals surface area contributed by atoms with Crippen LogP contribution in [0.2, 0.25) is 5.02 Å². The molecule has 2 aromatic carbocycles. The summed E-state index contributed by atoms with van der Waals surface area (Å²) in [7, 11) is 0. The van der Waals surface area contributed by atoms with Crippen molar-refractivity contribution in [2.75, 3.05) is 6.54 Å². The molecule has 0 fully saturated rings. The van der Waals surface area contributed by atoms with Crippen LogP contribution in [0.3, 0.4) is 0 Å². The van der Waals surface area contributed by atoms with E-state index in [0.29, 0.717) is 5.02 Å². The molecule has 106 valence electrons. The molecule has 0 aromatic heterocycles. The maximum Gasteiger partial charge on any atom is 0.124 e. The summed E-state index contributed by atoms with van der Waals surface area (Å²) in [5.74, 6) is -0.250. The van der Waals surface area contributed by atoms with Crippen LogP contribution in [0.4, 0.5) is 4.39 Å². The maximum absolute atomic E-state index is 13.6. The van der Waals surface area contributed by atoms with E-state index in [4.69, 9.17) is 11.6 Å². The normalized spacial score (nSPS) is 12.4. The van der Waals surface area contributed by atoms with Crippen molar-refractivity contribution in [1.82, 2.24) is 5.32 Å². The molecular weight excluding hydrogens is 341 g/mol. The van der Waals surface area contributed by atoms with Crippen LogP contribution in [-0.2, 0) is 0 Å². The quantitative estimate of drug-likeness (QED) is 0.763. The Balaban J connectivity index is 2.41. The molecule has 1 atom stereocenters. The summed E-state index contributed by atoms with van der Waals surface area (Å²) >= 11 is 9.40. The molecule has 2 rings (SSSR count). The summed E-state index contributed by atoms with van der Waals surface area (Å²) in [6, 6.07) is 12.5. The van der Waals surface area contributed by atoms with Crippen LogP contribution >= 0.6 is 27.5 Å². The maximum atomic E-state index is 13.6. The Kier molecular flexibility index (Phi) is 5.58. The monoisotopic (exact) mass is 355 g/mol. The highest BCUT2D eigenvalue weighted by molar-refractivity contribution is 9.10. The Morgan fingerprint density at radius 3 is 2.65 bits per heavy atom. The molecule has 1 N–H and O–H groups in total. The molecule has 4 heteroatoms. The molecule has 0 saturated carbocycles. The van der Waals surface area contributed by atoms with E-state index < -0.39 is 0 Å². The van der Waals surface area contributed by atoms with Crippen LogP contribution in [0.25, 0.3) is 0 Å². The summed E-state index contributed by atoms with van der Waals surface area (Å²) in [6.45, 7) is 2.95. The Labute approximate surface area is 132 Å². The van der Waals surface area contributed by atoms with Gasteiger partial charge in [0.2, 0.25) is 0 Å². The topological polar surface area (TPSA) is 12.0 Å². The largest absolute Gasteiger partial charge is 0.306 e. The molecule has 0 aliphatic heterocycles. The fraction of sp³-hybridized carbons (Fsp3) is 0.250. The van der Waals surface area contributed by atoms with Gasteiger partial charge in [0.05, 0.1) is 6.04 Å². The van der Waals surface area contributed by atoms with Crippen molar-refractivity contribution in [1.29, 1.82) is 0 Å². The van der Waals surface area contributed by atoms with Crippen molar-refractivity contribution in [3.63, 3.8) is 0 Å². The summed E-state index contributed by atoms with van der Waals surface area (Å²) in [5.41, 5.74) is 1.91. The van der Waals surface area contributed by atoms with Crippen molar-refractivity contribution in [2.24, 2.45) is 0 Å². The molecule has 0 radical (unpaired) electrons. The standard InChI is InChI=1S/C16H16BrClFN/c1-2-6-20-16(11-4-3-5-14(18)8-11)12-7-13(17)10-15(19)9-12/h3-5,7-10,16,20H,2,6H2,1H3. The van der Waals surface area contributed by atoms with Gasteiger partial charge in [-0.3, -0.25) is 0 Å². The first-order chi connectivity index (χ1) is 9.60. The smallest absolute Gasteiger partial charge is 0.124 e. The number of nitrogens with one attached hydrogen (secondary N) is 1. The average molecular weight is 357 g/mol. The van der Waals surface area contributed by atoms with Crippen molar-refractivity contribution in [2.45, 2.75) is 19.4 Å². The van der Waals surface area contributed by atoms with Gasteiger partial charge in [-0.05, 0) is 54.4 Å². The average Bonchev–Trinajstić information content (AvgIpc) is 2.38. The first-order valence-corrected chi connectivity index (χ1v) is 7.72. The van der Waals surface area contributed by atoms with Crippen molar-refractivity contribution < 1.29 is 4.39 Å². The van der Waals surface area contributed by atoms with Crippen molar-refractivity contribution >= 4 is 27.5 Å². The summed E-state index contributed by atoms with van der Waals surface area (Å²) in [4.78, 5) is 0. The minimum Gasteiger partial charge on any atom is -0.306 e. The Hall–Kier alpha value is -0.900.